The van der Waals surface area contributed by atoms with Gasteiger partial charge < -0.3 is 9.64 Å². The average molecular weight is 332 g/mol. The lowest BCUT2D eigenvalue weighted by atomic mass is 10.1. The van der Waals surface area contributed by atoms with E-state index < -0.39 is 0 Å². The Bertz CT molecular complexity index is 399. The highest BCUT2D eigenvalue weighted by atomic mass is 79.9. The fourth-order valence-electron chi connectivity index (χ4n) is 2.14. The molecule has 0 N–H and O–H groups in total. The molecule has 0 spiro atoms. The molecule has 1 amide bonds. The zero-order valence-electron chi connectivity index (χ0n) is 10.5. The smallest absolute Gasteiger partial charge is 0.263 e. The molecule has 1 aliphatic heterocycles. The van der Waals surface area contributed by atoms with Crippen molar-refractivity contribution in [1.82, 2.24) is 4.90 Å². The Kier molecular flexibility index (Phi) is 5.21. The maximum atomic E-state index is 12.2. The fourth-order valence-corrected chi connectivity index (χ4v) is 3.16. The maximum Gasteiger partial charge on any atom is 0.263 e. The Hall–Kier alpha value is -0.390. The van der Waals surface area contributed by atoms with Crippen molar-refractivity contribution in [1.29, 1.82) is 0 Å². The van der Waals surface area contributed by atoms with Crippen LogP contribution < -0.4 is 0 Å². The number of alkyl halides is 1. The molecule has 100 valence electrons. The van der Waals surface area contributed by atoms with Crippen LogP contribution in [0.25, 0.3) is 0 Å². The summed E-state index contributed by atoms with van der Waals surface area (Å²) in [7, 11) is 0. The molecule has 1 saturated heterocycles. The average Bonchev–Trinajstić information content (AvgIpc) is 2.83. The normalized spacial score (nSPS) is 17.1. The van der Waals surface area contributed by atoms with E-state index in [0.29, 0.717) is 6.10 Å². The first-order valence-electron chi connectivity index (χ1n) is 6.24. The largest absolute Gasteiger partial charge is 0.377 e. The topological polar surface area (TPSA) is 29.5 Å². The van der Waals surface area contributed by atoms with Gasteiger partial charge in [-0.2, -0.15) is 0 Å². The number of rotatable bonds is 4. The Labute approximate surface area is 120 Å². The third-order valence-corrected chi connectivity index (χ3v) is 4.42. The molecule has 2 heterocycles. The van der Waals surface area contributed by atoms with Gasteiger partial charge in [0.05, 0.1) is 17.6 Å². The predicted octanol–water partition coefficient (Wildman–Crippen LogP) is 3.07. The molecular formula is C13H18BrNO2S. The lowest BCUT2D eigenvalue weighted by Crippen LogP contribution is -2.40. The molecule has 0 aliphatic carbocycles. The highest BCUT2D eigenvalue weighted by Crippen LogP contribution is 2.20. The molecule has 0 saturated carbocycles. The van der Waals surface area contributed by atoms with E-state index in [2.05, 4.69) is 15.9 Å². The number of thiophene rings is 1. The van der Waals surface area contributed by atoms with Gasteiger partial charge in [-0.25, -0.2) is 0 Å². The highest BCUT2D eigenvalue weighted by Gasteiger charge is 2.24. The number of halogens is 1. The van der Waals surface area contributed by atoms with E-state index in [9.17, 15) is 4.79 Å². The zero-order chi connectivity index (χ0) is 13.0. The molecule has 0 unspecified atom stereocenters. The van der Waals surface area contributed by atoms with Crippen molar-refractivity contribution in [2.24, 2.45) is 0 Å². The van der Waals surface area contributed by atoms with E-state index in [1.54, 1.807) is 11.3 Å². The molecule has 0 radical (unpaired) electrons. The molecule has 0 aromatic carbocycles. The molecule has 2 rings (SSSR count). The first-order valence-corrected chi connectivity index (χ1v) is 8.18. The number of aryl methyl sites for hydroxylation is 1. The van der Waals surface area contributed by atoms with E-state index in [4.69, 9.17) is 4.74 Å². The van der Waals surface area contributed by atoms with Gasteiger partial charge in [0.1, 0.15) is 0 Å². The summed E-state index contributed by atoms with van der Waals surface area (Å²) >= 11 is 4.93. The lowest BCUT2D eigenvalue weighted by Gasteiger charge is -2.31. The van der Waals surface area contributed by atoms with Gasteiger partial charge in [0.15, 0.2) is 0 Å². The predicted molar refractivity (Wildman–Crippen MR) is 77.7 cm³/mol. The second-order valence-electron chi connectivity index (χ2n) is 4.46. The van der Waals surface area contributed by atoms with Crippen LogP contribution in [0.4, 0.5) is 0 Å². The number of amides is 1. The summed E-state index contributed by atoms with van der Waals surface area (Å²) < 4.78 is 5.69. The van der Waals surface area contributed by atoms with Gasteiger partial charge in [-0.05, 0) is 31.9 Å². The van der Waals surface area contributed by atoms with E-state index in [1.807, 2.05) is 24.0 Å². The van der Waals surface area contributed by atoms with Crippen LogP contribution in [0, 0.1) is 6.92 Å². The molecule has 3 nitrogen and oxygen atoms in total. The molecule has 0 atom stereocenters. The van der Waals surface area contributed by atoms with E-state index in [-0.39, 0.29) is 5.91 Å². The minimum absolute atomic E-state index is 0.173. The van der Waals surface area contributed by atoms with Crippen LogP contribution in [0.5, 0.6) is 0 Å². The van der Waals surface area contributed by atoms with Gasteiger partial charge in [0.2, 0.25) is 0 Å². The van der Waals surface area contributed by atoms with Crippen LogP contribution >= 0.6 is 27.3 Å². The number of hydrogen-bond donors (Lipinski definition) is 0. The van der Waals surface area contributed by atoms with Crippen molar-refractivity contribution in [3.63, 3.8) is 0 Å². The van der Waals surface area contributed by atoms with Crippen molar-refractivity contribution >= 4 is 33.2 Å². The van der Waals surface area contributed by atoms with Crippen molar-refractivity contribution in [3.05, 3.63) is 21.9 Å². The summed E-state index contributed by atoms with van der Waals surface area (Å²) in [4.78, 5) is 16.2. The molecule has 1 aliphatic rings. The summed E-state index contributed by atoms with van der Waals surface area (Å²) in [5.74, 6) is 0.173. The SMILES string of the molecule is Cc1ccc(C(=O)N2CCC(OCCBr)CC2)s1. The minimum atomic E-state index is 0.173. The van der Waals surface area contributed by atoms with Crippen LogP contribution in [0.15, 0.2) is 12.1 Å². The first kappa shape index (κ1) is 14.0. The molecule has 1 aromatic rings. The van der Waals surface area contributed by atoms with Gasteiger partial charge in [0, 0.05) is 23.3 Å². The Morgan fingerprint density at radius 3 is 2.78 bits per heavy atom. The first-order chi connectivity index (χ1) is 8.70. The summed E-state index contributed by atoms with van der Waals surface area (Å²) in [5.41, 5.74) is 0. The van der Waals surface area contributed by atoms with E-state index >= 15 is 0 Å². The Morgan fingerprint density at radius 2 is 2.22 bits per heavy atom. The molecular weight excluding hydrogens is 314 g/mol. The Balaban J connectivity index is 1.84. The van der Waals surface area contributed by atoms with Crippen molar-refractivity contribution in [2.75, 3.05) is 25.0 Å². The number of carbonyl (C=O) groups is 1. The molecule has 1 aromatic heterocycles. The van der Waals surface area contributed by atoms with Gasteiger partial charge in [-0.1, -0.05) is 15.9 Å². The van der Waals surface area contributed by atoms with Gasteiger partial charge in [-0.3, -0.25) is 4.79 Å². The van der Waals surface area contributed by atoms with Crippen molar-refractivity contribution < 1.29 is 9.53 Å². The summed E-state index contributed by atoms with van der Waals surface area (Å²) in [5, 5.41) is 0.876. The second kappa shape index (κ2) is 6.68. The van der Waals surface area contributed by atoms with Gasteiger partial charge >= 0.3 is 0 Å². The van der Waals surface area contributed by atoms with Crippen molar-refractivity contribution in [3.8, 4) is 0 Å². The van der Waals surface area contributed by atoms with Gasteiger partial charge in [-0.15, -0.1) is 11.3 Å². The minimum Gasteiger partial charge on any atom is -0.377 e. The number of likely N-dealkylation sites (tertiary alicyclic amines) is 1. The molecule has 0 bridgehead atoms. The number of ether oxygens (including phenoxy) is 1. The summed E-state index contributed by atoms with van der Waals surface area (Å²) in [6.07, 6.45) is 2.21. The van der Waals surface area contributed by atoms with Crippen LogP contribution in [0.1, 0.15) is 27.4 Å². The third kappa shape index (κ3) is 3.56. The van der Waals surface area contributed by atoms with E-state index in [1.165, 1.54) is 4.88 Å². The zero-order valence-corrected chi connectivity index (χ0v) is 12.9. The van der Waals surface area contributed by atoms with Crippen molar-refractivity contribution in [2.45, 2.75) is 25.9 Å². The second-order valence-corrected chi connectivity index (χ2v) is 6.54. The number of carbonyl (C=O) groups excluding carboxylic acids is 1. The lowest BCUT2D eigenvalue weighted by molar-refractivity contribution is 0.0161. The van der Waals surface area contributed by atoms with Crippen LogP contribution in [-0.4, -0.2) is 41.9 Å². The quantitative estimate of drug-likeness (QED) is 0.793. The van der Waals surface area contributed by atoms with Crippen LogP contribution in [0.2, 0.25) is 0 Å². The molecule has 18 heavy (non-hydrogen) atoms. The van der Waals surface area contributed by atoms with E-state index in [0.717, 1.165) is 42.7 Å². The number of piperidine rings is 1. The summed E-state index contributed by atoms with van der Waals surface area (Å²) in [6, 6.07) is 3.93. The maximum absolute atomic E-state index is 12.2. The standard InChI is InChI=1S/C13H18BrNO2S/c1-10-2-3-12(18-10)13(16)15-7-4-11(5-8-15)17-9-6-14/h2-3,11H,4-9H2,1H3. The van der Waals surface area contributed by atoms with Crippen LogP contribution in [-0.2, 0) is 4.74 Å². The number of hydrogen-bond acceptors (Lipinski definition) is 3. The van der Waals surface area contributed by atoms with Crippen LogP contribution in [0.3, 0.4) is 0 Å². The highest BCUT2D eigenvalue weighted by molar-refractivity contribution is 9.09. The monoisotopic (exact) mass is 331 g/mol. The number of nitrogens with zero attached hydrogens (tertiary/aromatic N) is 1. The molecule has 1 fully saturated rings. The molecule has 5 heteroatoms. The summed E-state index contributed by atoms with van der Waals surface area (Å²) in [6.45, 7) is 4.40. The fraction of sp³-hybridized carbons (Fsp3) is 0.615. The Morgan fingerprint density at radius 1 is 1.50 bits per heavy atom. The third-order valence-electron chi connectivity index (χ3n) is 3.11. The van der Waals surface area contributed by atoms with Gasteiger partial charge in [0.25, 0.3) is 5.91 Å².